The molecule has 0 saturated carbocycles. The first-order chi connectivity index (χ1) is 8.66. The first-order valence-corrected chi connectivity index (χ1v) is 6.62. The molecular formula is C14H15FN2S. The number of thioether (sulfide) groups is 1. The van der Waals surface area contributed by atoms with E-state index in [0.717, 1.165) is 10.5 Å². The van der Waals surface area contributed by atoms with E-state index in [1.807, 2.05) is 25.1 Å². The molecule has 2 aromatic rings. The molecule has 1 aromatic heterocycles. The lowest BCUT2D eigenvalue weighted by atomic mass is 10.1. The Hall–Kier alpha value is -1.39. The summed E-state index contributed by atoms with van der Waals surface area (Å²) < 4.78 is 13.2. The van der Waals surface area contributed by atoms with E-state index in [1.165, 1.54) is 12.1 Å². The van der Waals surface area contributed by atoms with Crippen molar-refractivity contribution in [3.8, 4) is 0 Å². The molecule has 1 aromatic carbocycles. The highest BCUT2D eigenvalue weighted by Crippen LogP contribution is 2.36. The highest BCUT2D eigenvalue weighted by Gasteiger charge is 2.17. The molecule has 2 rings (SSSR count). The molecule has 0 spiro atoms. The van der Waals surface area contributed by atoms with Gasteiger partial charge in [0.15, 0.2) is 0 Å². The third kappa shape index (κ3) is 3.31. The van der Waals surface area contributed by atoms with Crippen LogP contribution in [0.1, 0.15) is 17.7 Å². The first-order valence-electron chi connectivity index (χ1n) is 5.74. The van der Waals surface area contributed by atoms with Crippen LogP contribution in [0.3, 0.4) is 0 Å². The predicted octanol–water partition coefficient (Wildman–Crippen LogP) is 3.40. The lowest BCUT2D eigenvalue weighted by molar-refractivity contribution is 0.624. The molecule has 0 aliphatic heterocycles. The second-order valence-electron chi connectivity index (χ2n) is 4.14. The van der Waals surface area contributed by atoms with E-state index < -0.39 is 0 Å². The van der Waals surface area contributed by atoms with E-state index in [1.54, 1.807) is 30.2 Å². The van der Waals surface area contributed by atoms with Crippen molar-refractivity contribution >= 4 is 11.8 Å². The topological polar surface area (TPSA) is 38.9 Å². The molecule has 2 N–H and O–H groups in total. The monoisotopic (exact) mass is 262 g/mol. The fourth-order valence-corrected chi connectivity index (χ4v) is 2.86. The van der Waals surface area contributed by atoms with Crippen LogP contribution in [0.5, 0.6) is 0 Å². The number of halogens is 1. The van der Waals surface area contributed by atoms with Crippen molar-refractivity contribution in [2.75, 3.05) is 0 Å². The van der Waals surface area contributed by atoms with E-state index in [0.29, 0.717) is 0 Å². The van der Waals surface area contributed by atoms with Crippen molar-refractivity contribution < 1.29 is 4.39 Å². The quantitative estimate of drug-likeness (QED) is 0.858. The lowest BCUT2D eigenvalue weighted by Gasteiger charge is -2.20. The molecule has 4 heteroatoms. The summed E-state index contributed by atoms with van der Waals surface area (Å²) in [4.78, 5) is 4.88. The van der Waals surface area contributed by atoms with Crippen LogP contribution in [-0.4, -0.2) is 11.0 Å². The van der Waals surface area contributed by atoms with Crippen LogP contribution in [0.2, 0.25) is 0 Å². The van der Waals surface area contributed by atoms with Crippen LogP contribution >= 0.6 is 11.8 Å². The maximum Gasteiger partial charge on any atom is 0.124 e. The Morgan fingerprint density at radius 1 is 1.22 bits per heavy atom. The van der Waals surface area contributed by atoms with Crippen molar-refractivity contribution in [1.29, 1.82) is 0 Å². The number of nitrogens with zero attached hydrogens (tertiary/aromatic N) is 1. The number of aromatic nitrogens is 1. The molecule has 0 aliphatic carbocycles. The molecule has 0 bridgehead atoms. The minimum atomic E-state index is -0.224. The second-order valence-corrected chi connectivity index (χ2v) is 5.35. The van der Waals surface area contributed by atoms with Gasteiger partial charge in [0.05, 0.1) is 0 Å². The summed E-state index contributed by atoms with van der Waals surface area (Å²) in [6.45, 7) is 1.96. The Balaban J connectivity index is 2.22. The van der Waals surface area contributed by atoms with Gasteiger partial charge < -0.3 is 5.73 Å². The van der Waals surface area contributed by atoms with Crippen molar-refractivity contribution in [3.05, 3.63) is 60.2 Å². The zero-order chi connectivity index (χ0) is 13.0. The van der Waals surface area contributed by atoms with Gasteiger partial charge >= 0.3 is 0 Å². The van der Waals surface area contributed by atoms with E-state index in [4.69, 9.17) is 5.73 Å². The maximum absolute atomic E-state index is 13.2. The van der Waals surface area contributed by atoms with Gasteiger partial charge in [0.1, 0.15) is 5.82 Å². The van der Waals surface area contributed by atoms with Crippen LogP contribution in [-0.2, 0) is 0 Å². The number of hydrogen-bond donors (Lipinski definition) is 1. The van der Waals surface area contributed by atoms with Gasteiger partial charge in [-0.2, -0.15) is 0 Å². The molecule has 0 amide bonds. The summed E-state index contributed by atoms with van der Waals surface area (Å²) in [5.41, 5.74) is 7.13. The summed E-state index contributed by atoms with van der Waals surface area (Å²) >= 11 is 1.57. The Morgan fingerprint density at radius 2 is 1.94 bits per heavy atom. The zero-order valence-electron chi connectivity index (χ0n) is 10.1. The van der Waals surface area contributed by atoms with Crippen LogP contribution in [0.15, 0.2) is 53.7 Å². The molecule has 2 unspecified atom stereocenters. The fourth-order valence-electron chi connectivity index (χ4n) is 1.72. The van der Waals surface area contributed by atoms with Crippen molar-refractivity contribution in [2.45, 2.75) is 23.1 Å². The lowest BCUT2D eigenvalue weighted by Crippen LogP contribution is -2.22. The minimum Gasteiger partial charge on any atom is -0.327 e. The van der Waals surface area contributed by atoms with Gasteiger partial charge in [-0.05, 0) is 42.8 Å². The molecule has 2 nitrogen and oxygen atoms in total. The molecule has 0 radical (unpaired) electrons. The Labute approximate surface area is 110 Å². The highest BCUT2D eigenvalue weighted by molar-refractivity contribution is 7.99. The summed E-state index contributed by atoms with van der Waals surface area (Å²) in [5, 5.41) is 0.0924. The molecule has 0 aliphatic rings. The van der Waals surface area contributed by atoms with Crippen LogP contribution < -0.4 is 5.73 Å². The van der Waals surface area contributed by atoms with E-state index >= 15 is 0 Å². The number of rotatable bonds is 4. The molecule has 2 atom stereocenters. The van der Waals surface area contributed by atoms with E-state index in [2.05, 4.69) is 4.98 Å². The van der Waals surface area contributed by atoms with Gasteiger partial charge in [0, 0.05) is 28.6 Å². The van der Waals surface area contributed by atoms with E-state index in [9.17, 15) is 4.39 Å². The van der Waals surface area contributed by atoms with Crippen LogP contribution in [0.4, 0.5) is 4.39 Å². The standard InChI is InChI=1S/C14H15FN2S/c1-10(16)14(11-5-7-17-8-6-11)18-13-4-2-3-12(15)9-13/h2-10,14H,16H2,1H3. The minimum absolute atomic E-state index is 0.0272. The Bertz CT molecular complexity index is 502. The number of benzene rings is 1. The molecular weight excluding hydrogens is 247 g/mol. The van der Waals surface area contributed by atoms with Gasteiger partial charge in [-0.1, -0.05) is 6.07 Å². The average Bonchev–Trinajstić information content (AvgIpc) is 2.37. The van der Waals surface area contributed by atoms with Crippen molar-refractivity contribution in [3.63, 3.8) is 0 Å². The van der Waals surface area contributed by atoms with Gasteiger partial charge in [-0.25, -0.2) is 4.39 Å². The Kier molecular flexibility index (Phi) is 4.33. The number of nitrogens with two attached hydrogens (primary N) is 1. The normalized spacial score (nSPS) is 14.2. The fraction of sp³-hybridized carbons (Fsp3) is 0.214. The molecule has 1 heterocycles. The Morgan fingerprint density at radius 3 is 2.56 bits per heavy atom. The highest BCUT2D eigenvalue weighted by atomic mass is 32.2. The predicted molar refractivity (Wildman–Crippen MR) is 72.9 cm³/mol. The van der Waals surface area contributed by atoms with E-state index in [-0.39, 0.29) is 17.1 Å². The number of pyridine rings is 1. The van der Waals surface area contributed by atoms with Crippen LogP contribution in [0.25, 0.3) is 0 Å². The zero-order valence-corrected chi connectivity index (χ0v) is 10.9. The third-order valence-electron chi connectivity index (χ3n) is 2.57. The smallest absolute Gasteiger partial charge is 0.124 e. The van der Waals surface area contributed by atoms with Gasteiger partial charge in [-0.15, -0.1) is 11.8 Å². The van der Waals surface area contributed by atoms with Crippen molar-refractivity contribution in [1.82, 2.24) is 4.98 Å². The number of hydrogen-bond acceptors (Lipinski definition) is 3. The van der Waals surface area contributed by atoms with Gasteiger partial charge in [-0.3, -0.25) is 4.98 Å². The summed E-state index contributed by atoms with van der Waals surface area (Å²) in [5.74, 6) is -0.224. The van der Waals surface area contributed by atoms with Gasteiger partial charge in [0.2, 0.25) is 0 Å². The largest absolute Gasteiger partial charge is 0.327 e. The summed E-state index contributed by atoms with van der Waals surface area (Å²) in [6, 6.07) is 10.4. The summed E-state index contributed by atoms with van der Waals surface area (Å²) in [7, 11) is 0. The molecule has 0 saturated heterocycles. The third-order valence-corrected chi connectivity index (χ3v) is 4.05. The van der Waals surface area contributed by atoms with Crippen molar-refractivity contribution in [2.24, 2.45) is 5.73 Å². The molecule has 0 fully saturated rings. The van der Waals surface area contributed by atoms with Crippen LogP contribution in [0, 0.1) is 5.82 Å². The molecule has 94 valence electrons. The average molecular weight is 262 g/mol. The maximum atomic E-state index is 13.2. The SMILES string of the molecule is CC(N)C(Sc1cccc(F)c1)c1ccncc1. The van der Waals surface area contributed by atoms with Gasteiger partial charge in [0.25, 0.3) is 0 Å². The first kappa shape index (κ1) is 13.1. The second kappa shape index (κ2) is 5.98. The summed E-state index contributed by atoms with van der Waals surface area (Å²) in [6.07, 6.45) is 3.49. The molecule has 18 heavy (non-hydrogen) atoms.